The van der Waals surface area contributed by atoms with Gasteiger partial charge in [0.25, 0.3) is 0 Å². The van der Waals surface area contributed by atoms with Gasteiger partial charge in [0.15, 0.2) is 0 Å². The predicted octanol–water partition coefficient (Wildman–Crippen LogP) is -2.68. The van der Waals surface area contributed by atoms with Gasteiger partial charge in [-0.2, -0.15) is 0 Å². The van der Waals surface area contributed by atoms with Crippen LogP contribution in [0, 0.1) is 0 Å². The van der Waals surface area contributed by atoms with E-state index >= 15 is 0 Å². The molecule has 0 rings (SSSR count). The van der Waals surface area contributed by atoms with Crippen molar-refractivity contribution < 1.29 is 22.8 Å². The molecular weight excluding hydrogens is 288 g/mol. The Hall–Kier alpha value is 4.10. The molecule has 1 radical (unpaired) electrons. The SMILES string of the molecule is [AlH2].[Ba+2].[Ca+2].[Fe].[H-].[H-].[H-].[H-].[SiH4]. The molecule has 0 atom stereocenters. The van der Waals surface area contributed by atoms with Gasteiger partial charge in [-0.15, -0.1) is 0 Å². The van der Waals surface area contributed by atoms with Gasteiger partial charge >= 0.3 is 86.6 Å². The van der Waals surface area contributed by atoms with Gasteiger partial charge in [-0.1, -0.05) is 0 Å². The monoisotopic (exact) mass is 299 g/mol. The van der Waals surface area contributed by atoms with Crippen LogP contribution in [-0.2, 0) is 17.1 Å². The number of hydrogen-bond acceptors (Lipinski definition) is 0. The number of hydrogen-bond donors (Lipinski definition) is 0. The van der Waals surface area contributed by atoms with Crippen LogP contribution < -0.4 is 0 Å². The first-order valence-electron chi connectivity index (χ1n) is 0. The summed E-state index contributed by atoms with van der Waals surface area (Å²) in [5.74, 6) is 0. The van der Waals surface area contributed by atoms with Gasteiger partial charge in [0.05, 0.1) is 0 Å². The van der Waals surface area contributed by atoms with Crippen LogP contribution in [0.5, 0.6) is 0 Å². The zero-order valence-electron chi connectivity index (χ0n) is 6.77. The third-order valence-corrected chi connectivity index (χ3v) is 0. The first-order chi connectivity index (χ1) is 0. The molecule has 0 aromatic heterocycles. The molecule has 0 aromatic rings. The Morgan fingerprint density at radius 3 is 1.20 bits per heavy atom. The summed E-state index contributed by atoms with van der Waals surface area (Å²) in [5.41, 5.74) is 0. The van der Waals surface area contributed by atoms with E-state index in [0.29, 0.717) is 0 Å². The van der Waals surface area contributed by atoms with Gasteiger partial charge in [0, 0.05) is 17.1 Å². The average Bonchev–Trinajstić information content (AvgIpc) is 0. The molecule has 0 aromatic carbocycles. The second kappa shape index (κ2) is 24.3. The molecule has 0 aliphatic rings. The van der Waals surface area contributed by atoms with E-state index in [2.05, 4.69) is 0 Å². The van der Waals surface area contributed by atoms with E-state index < -0.39 is 0 Å². The molecule has 5 heavy (non-hydrogen) atoms. The largest absolute Gasteiger partial charge is 2.00 e. The molecule has 0 aliphatic heterocycles. The first kappa shape index (κ1) is 35.5. The molecule has 29 valence electrons. The predicted molar refractivity (Wildman–Crippen MR) is 35.8 cm³/mol. The Morgan fingerprint density at radius 1 is 1.20 bits per heavy atom. The van der Waals surface area contributed by atoms with E-state index in [1.807, 2.05) is 0 Å². The van der Waals surface area contributed by atoms with Crippen molar-refractivity contribution in [3.8, 4) is 0 Å². The smallest absolute Gasteiger partial charge is 1.00 e. The van der Waals surface area contributed by atoms with Gasteiger partial charge in [0.2, 0.25) is 0 Å². The maximum absolute atomic E-state index is 0. The van der Waals surface area contributed by atoms with Crippen molar-refractivity contribution in [3.63, 3.8) is 0 Å². The van der Waals surface area contributed by atoms with Crippen molar-refractivity contribution in [2.24, 2.45) is 0 Å². The summed E-state index contributed by atoms with van der Waals surface area (Å²) >= 11 is 0. The third kappa shape index (κ3) is 17.9. The first-order valence-corrected chi connectivity index (χ1v) is 0. The van der Waals surface area contributed by atoms with Gasteiger partial charge in [-0.05, 0) is 11.0 Å². The van der Waals surface area contributed by atoms with Gasteiger partial charge in [-0.3, -0.25) is 0 Å². The topological polar surface area (TPSA) is 0 Å². The van der Waals surface area contributed by atoms with Crippen LogP contribution in [-0.4, -0.2) is 115 Å². The molecule has 0 unspecified atom stereocenters. The number of rotatable bonds is 0. The van der Waals surface area contributed by atoms with Crippen LogP contribution in [0.2, 0.25) is 0 Å². The van der Waals surface area contributed by atoms with E-state index in [9.17, 15) is 0 Å². The Morgan fingerprint density at radius 2 is 1.20 bits per heavy atom. The quantitative estimate of drug-likeness (QED) is 0.428. The average molecular weight is 298 g/mol. The molecule has 0 N–H and O–H groups in total. The molecular formula is H10AlBaCaFeSi. The molecule has 0 bridgehead atoms. The minimum atomic E-state index is 0. The summed E-state index contributed by atoms with van der Waals surface area (Å²) in [6, 6.07) is 0. The summed E-state index contributed by atoms with van der Waals surface area (Å²) in [6.45, 7) is 0. The Bertz CT molecular complexity index is 20.5. The molecule has 0 saturated heterocycles. The van der Waals surface area contributed by atoms with Crippen molar-refractivity contribution in [3.05, 3.63) is 0 Å². The summed E-state index contributed by atoms with van der Waals surface area (Å²) in [6.07, 6.45) is 0. The van der Waals surface area contributed by atoms with Crippen LogP contribution in [0.15, 0.2) is 0 Å². The summed E-state index contributed by atoms with van der Waals surface area (Å²) in [4.78, 5) is 0. The van der Waals surface area contributed by atoms with Gasteiger partial charge < -0.3 is 5.71 Å². The van der Waals surface area contributed by atoms with Crippen LogP contribution in [0.3, 0.4) is 0 Å². The molecule has 0 aliphatic carbocycles. The maximum Gasteiger partial charge on any atom is 2.00 e. The minimum absolute atomic E-state index is 0. The van der Waals surface area contributed by atoms with Crippen LogP contribution in [0.1, 0.15) is 5.71 Å². The minimum Gasteiger partial charge on any atom is -1.00 e. The third-order valence-electron chi connectivity index (χ3n) is 0. The fraction of sp³-hybridized carbons (Fsp3) is 0. The van der Waals surface area contributed by atoms with E-state index in [1.54, 1.807) is 0 Å². The van der Waals surface area contributed by atoms with Gasteiger partial charge in [0.1, 0.15) is 17.4 Å². The van der Waals surface area contributed by atoms with Crippen molar-refractivity contribution in [2.75, 3.05) is 0 Å². The second-order valence-corrected chi connectivity index (χ2v) is 0. The zero-order chi connectivity index (χ0) is 0. The zero-order valence-corrected chi connectivity index (χ0v) is 12.5. The Labute approximate surface area is 134 Å². The van der Waals surface area contributed by atoms with E-state index in [1.165, 1.54) is 0 Å². The van der Waals surface area contributed by atoms with Crippen molar-refractivity contribution in [2.45, 2.75) is 0 Å². The second-order valence-electron chi connectivity index (χ2n) is 0. The molecule has 0 amide bonds. The molecule has 0 nitrogen and oxygen atoms in total. The summed E-state index contributed by atoms with van der Waals surface area (Å²) in [5, 5.41) is 0. The molecule has 0 spiro atoms. The fourth-order valence-corrected chi connectivity index (χ4v) is 0. The van der Waals surface area contributed by atoms with Crippen LogP contribution in [0.25, 0.3) is 0 Å². The van der Waals surface area contributed by atoms with E-state index in [0.717, 1.165) is 0 Å². The summed E-state index contributed by atoms with van der Waals surface area (Å²) in [7, 11) is 0. The summed E-state index contributed by atoms with van der Waals surface area (Å²) < 4.78 is 0. The van der Waals surface area contributed by atoms with Crippen molar-refractivity contribution >= 4 is 115 Å². The maximum atomic E-state index is 0. The molecule has 0 fully saturated rings. The standard InChI is InChI=1S/Al.Ba.Ca.Fe.H4Si.6H/h;;;;1H4;;;;;;/q;2*+2;;;;;4*-1. The molecule has 5 heteroatoms. The van der Waals surface area contributed by atoms with E-state index in [-0.39, 0.29) is 138 Å². The Balaban J connectivity index is 0. The normalized spacial score (nSPS) is 0. The molecule has 0 saturated carbocycles. The van der Waals surface area contributed by atoms with Crippen molar-refractivity contribution in [1.82, 2.24) is 0 Å². The van der Waals surface area contributed by atoms with E-state index in [4.69, 9.17) is 0 Å². The molecule has 0 heterocycles. The van der Waals surface area contributed by atoms with Gasteiger partial charge in [-0.25, -0.2) is 0 Å². The fourth-order valence-electron chi connectivity index (χ4n) is 0. The van der Waals surface area contributed by atoms with Crippen LogP contribution in [0.4, 0.5) is 0 Å². The Kier molecular flexibility index (Phi) is 173. The van der Waals surface area contributed by atoms with Crippen LogP contribution >= 0.6 is 0 Å². The van der Waals surface area contributed by atoms with Crippen molar-refractivity contribution in [1.29, 1.82) is 0 Å².